The third-order valence-corrected chi connectivity index (χ3v) is 5.55. The van der Waals surface area contributed by atoms with Gasteiger partial charge in [-0.05, 0) is 41.7 Å². The Balaban J connectivity index is 1.80. The number of carbonyl (C=O) groups excluding carboxylic acids is 1. The number of thiazole rings is 1. The van der Waals surface area contributed by atoms with Crippen molar-refractivity contribution in [1.82, 2.24) is 15.3 Å². The molecule has 0 aliphatic rings. The first kappa shape index (κ1) is 21.2. The Morgan fingerprint density at radius 3 is 2.76 bits per heavy atom. The lowest BCUT2D eigenvalue weighted by Crippen LogP contribution is -2.24. The van der Waals surface area contributed by atoms with Gasteiger partial charge in [0.15, 0.2) is 5.13 Å². The van der Waals surface area contributed by atoms with Crippen LogP contribution in [0.4, 0.5) is 5.13 Å². The van der Waals surface area contributed by atoms with Crippen molar-refractivity contribution in [3.8, 4) is 11.3 Å². The molecular formula is C21H24ClN5OS. The van der Waals surface area contributed by atoms with Gasteiger partial charge in [0.25, 0.3) is 5.91 Å². The molecule has 3 rings (SSSR count). The molecule has 0 saturated carbocycles. The van der Waals surface area contributed by atoms with Crippen molar-refractivity contribution >= 4 is 34.0 Å². The number of amides is 1. The van der Waals surface area contributed by atoms with Crippen LogP contribution in [0.1, 0.15) is 40.2 Å². The normalized spacial score (nSPS) is 11.1. The summed E-state index contributed by atoms with van der Waals surface area (Å²) in [7, 11) is 0. The highest BCUT2D eigenvalue weighted by molar-refractivity contribution is 7.15. The van der Waals surface area contributed by atoms with Gasteiger partial charge in [-0.25, -0.2) is 4.98 Å². The SMILES string of the molecule is CC(C)Cc1sc(N)nc1-c1cncc(C(=O)NCc2cc(Cl)ccc2CN)c1. The summed E-state index contributed by atoms with van der Waals surface area (Å²) in [4.78, 5) is 22.5. The van der Waals surface area contributed by atoms with Gasteiger partial charge < -0.3 is 16.8 Å². The number of pyridine rings is 1. The van der Waals surface area contributed by atoms with Crippen molar-refractivity contribution in [2.75, 3.05) is 5.73 Å². The molecule has 0 aliphatic carbocycles. The molecule has 29 heavy (non-hydrogen) atoms. The van der Waals surface area contributed by atoms with E-state index in [0.29, 0.717) is 34.7 Å². The Morgan fingerprint density at radius 1 is 1.24 bits per heavy atom. The maximum Gasteiger partial charge on any atom is 0.253 e. The number of carbonyl (C=O) groups is 1. The summed E-state index contributed by atoms with van der Waals surface area (Å²) in [5, 5.41) is 4.03. The van der Waals surface area contributed by atoms with E-state index in [2.05, 4.69) is 29.1 Å². The molecule has 2 heterocycles. The van der Waals surface area contributed by atoms with Crippen LogP contribution in [0.3, 0.4) is 0 Å². The van der Waals surface area contributed by atoms with Gasteiger partial charge in [-0.2, -0.15) is 0 Å². The van der Waals surface area contributed by atoms with Gasteiger partial charge in [0.2, 0.25) is 0 Å². The second-order valence-corrected chi connectivity index (χ2v) is 8.74. The summed E-state index contributed by atoms with van der Waals surface area (Å²) >= 11 is 7.55. The lowest BCUT2D eigenvalue weighted by Gasteiger charge is -2.11. The summed E-state index contributed by atoms with van der Waals surface area (Å²) in [6.07, 6.45) is 4.12. The van der Waals surface area contributed by atoms with Crippen LogP contribution in [-0.4, -0.2) is 15.9 Å². The predicted molar refractivity (Wildman–Crippen MR) is 119 cm³/mol. The smallest absolute Gasteiger partial charge is 0.253 e. The van der Waals surface area contributed by atoms with E-state index in [1.165, 1.54) is 11.3 Å². The minimum absolute atomic E-state index is 0.226. The molecule has 1 aromatic carbocycles. The topological polar surface area (TPSA) is 107 Å². The number of nitrogens with one attached hydrogen (secondary N) is 1. The third-order valence-electron chi connectivity index (χ3n) is 4.41. The van der Waals surface area contributed by atoms with E-state index in [1.807, 2.05) is 12.1 Å². The molecule has 2 aromatic heterocycles. The molecule has 0 fully saturated rings. The molecule has 0 bridgehead atoms. The zero-order chi connectivity index (χ0) is 21.0. The van der Waals surface area contributed by atoms with Crippen LogP contribution >= 0.6 is 22.9 Å². The molecule has 5 N–H and O–H groups in total. The van der Waals surface area contributed by atoms with E-state index in [-0.39, 0.29) is 5.91 Å². The number of nitrogens with zero attached hydrogens (tertiary/aromatic N) is 2. The molecule has 0 unspecified atom stereocenters. The first-order chi connectivity index (χ1) is 13.9. The Kier molecular flexibility index (Phi) is 6.84. The number of rotatable bonds is 7. The van der Waals surface area contributed by atoms with Gasteiger partial charge in [0.1, 0.15) is 0 Å². The summed E-state index contributed by atoms with van der Waals surface area (Å²) in [6.45, 7) is 5.00. The minimum Gasteiger partial charge on any atom is -0.375 e. The summed E-state index contributed by atoms with van der Waals surface area (Å²) in [6, 6.07) is 7.27. The highest BCUT2D eigenvalue weighted by atomic mass is 35.5. The van der Waals surface area contributed by atoms with Gasteiger partial charge in [0.05, 0.1) is 11.3 Å². The van der Waals surface area contributed by atoms with E-state index < -0.39 is 0 Å². The van der Waals surface area contributed by atoms with Gasteiger partial charge in [0, 0.05) is 40.9 Å². The fourth-order valence-electron chi connectivity index (χ4n) is 3.03. The third kappa shape index (κ3) is 5.32. The number of halogens is 1. The molecule has 8 heteroatoms. The number of nitrogen functional groups attached to an aromatic ring is 1. The zero-order valence-electron chi connectivity index (χ0n) is 16.4. The minimum atomic E-state index is -0.226. The second-order valence-electron chi connectivity index (χ2n) is 7.18. The Morgan fingerprint density at radius 2 is 2.03 bits per heavy atom. The number of benzene rings is 1. The van der Waals surface area contributed by atoms with Crippen molar-refractivity contribution in [2.45, 2.75) is 33.4 Å². The molecule has 0 aliphatic heterocycles. The highest BCUT2D eigenvalue weighted by Crippen LogP contribution is 2.31. The van der Waals surface area contributed by atoms with Gasteiger partial charge in [-0.15, -0.1) is 11.3 Å². The number of hydrogen-bond acceptors (Lipinski definition) is 6. The fourth-order valence-corrected chi connectivity index (χ4v) is 4.29. The average molecular weight is 430 g/mol. The first-order valence-corrected chi connectivity index (χ1v) is 10.5. The van der Waals surface area contributed by atoms with Crippen molar-refractivity contribution in [2.24, 2.45) is 11.7 Å². The van der Waals surface area contributed by atoms with Crippen LogP contribution < -0.4 is 16.8 Å². The molecule has 6 nitrogen and oxygen atoms in total. The summed E-state index contributed by atoms with van der Waals surface area (Å²) < 4.78 is 0. The second kappa shape index (κ2) is 9.35. The van der Waals surface area contributed by atoms with Crippen LogP contribution in [0.2, 0.25) is 5.02 Å². The number of aromatic nitrogens is 2. The molecule has 1 amide bonds. The summed E-state index contributed by atoms with van der Waals surface area (Å²) in [5.41, 5.74) is 15.6. The van der Waals surface area contributed by atoms with Crippen LogP contribution in [0.5, 0.6) is 0 Å². The van der Waals surface area contributed by atoms with Gasteiger partial charge in [-0.1, -0.05) is 31.5 Å². The van der Waals surface area contributed by atoms with Crippen molar-refractivity contribution in [3.63, 3.8) is 0 Å². The predicted octanol–water partition coefficient (Wildman–Crippen LogP) is 4.03. The number of hydrogen-bond donors (Lipinski definition) is 3. The highest BCUT2D eigenvalue weighted by Gasteiger charge is 2.16. The van der Waals surface area contributed by atoms with E-state index >= 15 is 0 Å². The van der Waals surface area contributed by atoms with Crippen LogP contribution in [0.15, 0.2) is 36.7 Å². The lowest BCUT2D eigenvalue weighted by molar-refractivity contribution is 0.0950. The van der Waals surface area contributed by atoms with E-state index in [0.717, 1.165) is 33.7 Å². The molecule has 3 aromatic rings. The van der Waals surface area contributed by atoms with Gasteiger partial charge in [-0.3, -0.25) is 9.78 Å². The van der Waals surface area contributed by atoms with Crippen molar-refractivity contribution in [3.05, 3.63) is 63.2 Å². The molecule has 152 valence electrons. The molecule has 0 atom stereocenters. The van der Waals surface area contributed by atoms with Crippen LogP contribution in [0.25, 0.3) is 11.3 Å². The van der Waals surface area contributed by atoms with E-state index in [9.17, 15) is 4.79 Å². The Labute approximate surface area is 179 Å². The van der Waals surface area contributed by atoms with Crippen molar-refractivity contribution in [1.29, 1.82) is 0 Å². The van der Waals surface area contributed by atoms with E-state index in [1.54, 1.807) is 24.5 Å². The van der Waals surface area contributed by atoms with Gasteiger partial charge >= 0.3 is 0 Å². The largest absolute Gasteiger partial charge is 0.375 e. The zero-order valence-corrected chi connectivity index (χ0v) is 18.0. The fraction of sp³-hybridized carbons (Fsp3) is 0.286. The molecule has 0 radical (unpaired) electrons. The molecule has 0 spiro atoms. The summed E-state index contributed by atoms with van der Waals surface area (Å²) in [5.74, 6) is 0.249. The number of nitrogens with two attached hydrogens (primary N) is 2. The van der Waals surface area contributed by atoms with Crippen molar-refractivity contribution < 1.29 is 4.79 Å². The monoisotopic (exact) mass is 429 g/mol. The maximum atomic E-state index is 12.7. The van der Waals surface area contributed by atoms with Crippen LogP contribution in [-0.2, 0) is 19.5 Å². The molecule has 0 saturated heterocycles. The average Bonchev–Trinajstić information content (AvgIpc) is 3.05. The quantitative estimate of drug-likeness (QED) is 0.525. The lowest BCUT2D eigenvalue weighted by atomic mass is 10.0. The Hall–Kier alpha value is -2.48. The Bertz CT molecular complexity index is 1020. The first-order valence-electron chi connectivity index (χ1n) is 9.33. The standard InChI is InChI=1S/C21H24ClN5OS/c1-12(2)5-18-19(27-21(24)29-18)15-6-16(10-25-9-15)20(28)26-11-14-7-17(22)4-3-13(14)8-23/h3-4,6-7,9-10,12H,5,8,11,23H2,1-2H3,(H2,24,27)(H,26,28). The maximum absolute atomic E-state index is 12.7. The van der Waals surface area contributed by atoms with Crippen LogP contribution in [0, 0.1) is 5.92 Å². The number of anilines is 1. The molecular weight excluding hydrogens is 406 g/mol. The van der Waals surface area contributed by atoms with E-state index in [4.69, 9.17) is 23.1 Å².